The monoisotopic (exact) mass is 285 g/mol. The molecule has 1 N–H and O–H groups in total. The van der Waals surface area contributed by atoms with Gasteiger partial charge in [-0.05, 0) is 31.2 Å². The number of sulfone groups is 1. The third kappa shape index (κ3) is 4.19. The van der Waals surface area contributed by atoms with E-state index in [1.807, 2.05) is 0 Å². The molecule has 1 aliphatic heterocycles. The molecule has 1 aromatic carbocycles. The summed E-state index contributed by atoms with van der Waals surface area (Å²) in [6, 6.07) is 5.82. The molecule has 2 rings (SSSR count). The molecule has 0 bridgehead atoms. The fraction of sp³-hybridized carbons (Fsp3) is 0.538. The van der Waals surface area contributed by atoms with Crippen molar-refractivity contribution >= 4 is 9.84 Å². The van der Waals surface area contributed by atoms with Crippen LogP contribution < -0.4 is 0 Å². The van der Waals surface area contributed by atoms with Crippen LogP contribution in [-0.4, -0.2) is 57.0 Å². The minimum Gasteiger partial charge on any atom is -0.508 e. The third-order valence-electron chi connectivity index (χ3n) is 3.17. The summed E-state index contributed by atoms with van der Waals surface area (Å²) in [6.07, 6.45) is 0.595. The topological polar surface area (TPSA) is 66.8 Å². The lowest BCUT2D eigenvalue weighted by atomic mass is 10.3. The van der Waals surface area contributed by atoms with Crippen molar-refractivity contribution in [1.29, 1.82) is 0 Å². The van der Waals surface area contributed by atoms with Gasteiger partial charge in [-0.1, -0.05) is 6.07 Å². The predicted octanol–water partition coefficient (Wildman–Crippen LogP) is 0.888. The van der Waals surface area contributed by atoms with Crippen molar-refractivity contribution in [3.8, 4) is 5.75 Å². The Bertz CT molecular complexity index is 509. The molecule has 0 radical (unpaired) electrons. The molecule has 1 fully saturated rings. The minimum absolute atomic E-state index is 0.0192. The molecule has 19 heavy (non-hydrogen) atoms. The molecule has 1 aliphatic rings. The fourth-order valence-electron chi connectivity index (χ4n) is 2.10. The molecule has 1 aromatic rings. The molecule has 0 spiro atoms. The standard InChI is InChI=1S/C13H19NO4S/c15-12-3-1-4-13(11-12)19(16,17)10-2-5-14-6-8-18-9-7-14/h1,3-4,11,15H,2,5-10H2. The maximum absolute atomic E-state index is 12.1. The number of hydrogen-bond acceptors (Lipinski definition) is 5. The number of phenols is 1. The van der Waals surface area contributed by atoms with Crippen LogP contribution in [-0.2, 0) is 14.6 Å². The quantitative estimate of drug-likeness (QED) is 0.870. The minimum atomic E-state index is -3.30. The average molecular weight is 285 g/mol. The Kier molecular flexibility index (Phi) is 4.79. The van der Waals surface area contributed by atoms with E-state index in [0.29, 0.717) is 6.42 Å². The second-order valence-corrected chi connectivity index (χ2v) is 6.73. The first-order valence-electron chi connectivity index (χ1n) is 6.40. The van der Waals surface area contributed by atoms with E-state index in [4.69, 9.17) is 4.74 Å². The molecule has 6 heteroatoms. The van der Waals surface area contributed by atoms with E-state index in [2.05, 4.69) is 4.90 Å². The molecule has 0 atom stereocenters. The van der Waals surface area contributed by atoms with Gasteiger partial charge < -0.3 is 9.84 Å². The Morgan fingerprint density at radius 1 is 1.26 bits per heavy atom. The lowest BCUT2D eigenvalue weighted by Crippen LogP contribution is -2.37. The molecule has 0 aliphatic carbocycles. The zero-order valence-corrected chi connectivity index (χ0v) is 11.6. The highest BCUT2D eigenvalue weighted by Crippen LogP contribution is 2.17. The van der Waals surface area contributed by atoms with Gasteiger partial charge in [-0.25, -0.2) is 8.42 Å². The van der Waals surface area contributed by atoms with Crippen molar-refractivity contribution in [3.05, 3.63) is 24.3 Å². The van der Waals surface area contributed by atoms with E-state index in [1.54, 1.807) is 6.07 Å². The molecule has 0 aromatic heterocycles. The summed E-state index contributed by atoms with van der Waals surface area (Å²) in [6.45, 7) is 3.94. The molecular formula is C13H19NO4S. The van der Waals surface area contributed by atoms with Gasteiger partial charge in [-0.2, -0.15) is 0 Å². The smallest absolute Gasteiger partial charge is 0.178 e. The van der Waals surface area contributed by atoms with E-state index in [0.717, 1.165) is 32.8 Å². The van der Waals surface area contributed by atoms with Crippen LogP contribution in [0.15, 0.2) is 29.2 Å². The van der Waals surface area contributed by atoms with Gasteiger partial charge in [0.2, 0.25) is 0 Å². The number of benzene rings is 1. The van der Waals surface area contributed by atoms with Crippen molar-refractivity contribution in [2.24, 2.45) is 0 Å². The molecule has 0 amide bonds. The highest BCUT2D eigenvalue weighted by atomic mass is 32.2. The van der Waals surface area contributed by atoms with Gasteiger partial charge in [0, 0.05) is 13.1 Å². The maximum Gasteiger partial charge on any atom is 0.178 e. The molecule has 1 saturated heterocycles. The Balaban J connectivity index is 1.87. The highest BCUT2D eigenvalue weighted by Gasteiger charge is 2.16. The summed E-state index contributed by atoms with van der Waals surface area (Å²) < 4.78 is 29.4. The summed E-state index contributed by atoms with van der Waals surface area (Å²) in [4.78, 5) is 2.40. The molecule has 5 nitrogen and oxygen atoms in total. The first-order chi connectivity index (χ1) is 9.08. The lowest BCUT2D eigenvalue weighted by molar-refractivity contribution is 0.0381. The average Bonchev–Trinajstić information content (AvgIpc) is 2.40. The largest absolute Gasteiger partial charge is 0.508 e. The number of ether oxygens (including phenoxy) is 1. The number of rotatable bonds is 5. The lowest BCUT2D eigenvalue weighted by Gasteiger charge is -2.26. The van der Waals surface area contributed by atoms with Gasteiger partial charge in [0.1, 0.15) is 5.75 Å². The zero-order chi connectivity index (χ0) is 13.7. The van der Waals surface area contributed by atoms with Gasteiger partial charge in [-0.15, -0.1) is 0 Å². The van der Waals surface area contributed by atoms with Crippen molar-refractivity contribution in [2.45, 2.75) is 11.3 Å². The Labute approximate surface area is 113 Å². The Morgan fingerprint density at radius 3 is 2.68 bits per heavy atom. The van der Waals surface area contributed by atoms with E-state index in [1.165, 1.54) is 18.2 Å². The van der Waals surface area contributed by atoms with Gasteiger partial charge in [0.15, 0.2) is 9.84 Å². The van der Waals surface area contributed by atoms with E-state index >= 15 is 0 Å². The molecular weight excluding hydrogens is 266 g/mol. The summed E-state index contributed by atoms with van der Waals surface area (Å²) in [5, 5.41) is 9.32. The number of nitrogens with zero attached hydrogens (tertiary/aromatic N) is 1. The number of aromatic hydroxyl groups is 1. The molecule has 0 unspecified atom stereocenters. The zero-order valence-electron chi connectivity index (χ0n) is 10.8. The van der Waals surface area contributed by atoms with Crippen molar-refractivity contribution < 1.29 is 18.3 Å². The number of morpholine rings is 1. The SMILES string of the molecule is O=S(=O)(CCCN1CCOCC1)c1cccc(O)c1. The summed E-state index contributed by atoms with van der Waals surface area (Å²) in [7, 11) is -3.30. The first kappa shape index (κ1) is 14.3. The second kappa shape index (κ2) is 6.36. The Morgan fingerprint density at radius 2 is 2.00 bits per heavy atom. The fourth-order valence-corrected chi connectivity index (χ4v) is 3.43. The van der Waals surface area contributed by atoms with E-state index in [-0.39, 0.29) is 16.4 Å². The third-order valence-corrected chi connectivity index (χ3v) is 4.97. The number of hydrogen-bond donors (Lipinski definition) is 1. The molecule has 106 valence electrons. The molecule has 1 heterocycles. The normalized spacial score (nSPS) is 17.5. The summed E-state index contributed by atoms with van der Waals surface area (Å²) >= 11 is 0. The van der Waals surface area contributed by atoms with E-state index < -0.39 is 9.84 Å². The van der Waals surface area contributed by atoms with Crippen LogP contribution >= 0.6 is 0 Å². The van der Waals surface area contributed by atoms with Crippen LogP contribution in [0.3, 0.4) is 0 Å². The summed E-state index contributed by atoms with van der Waals surface area (Å²) in [5.74, 6) is 0.0858. The van der Waals surface area contributed by atoms with Crippen molar-refractivity contribution in [2.75, 3.05) is 38.6 Å². The highest BCUT2D eigenvalue weighted by molar-refractivity contribution is 7.91. The van der Waals surface area contributed by atoms with Gasteiger partial charge in [0.05, 0.1) is 23.9 Å². The van der Waals surface area contributed by atoms with Crippen LogP contribution in [0.2, 0.25) is 0 Å². The van der Waals surface area contributed by atoms with Crippen molar-refractivity contribution in [3.63, 3.8) is 0 Å². The first-order valence-corrected chi connectivity index (χ1v) is 8.05. The predicted molar refractivity (Wildman–Crippen MR) is 72.0 cm³/mol. The van der Waals surface area contributed by atoms with Gasteiger partial charge in [-0.3, -0.25) is 4.90 Å². The van der Waals surface area contributed by atoms with Crippen LogP contribution in [0.5, 0.6) is 5.75 Å². The maximum atomic E-state index is 12.1. The van der Waals surface area contributed by atoms with Crippen LogP contribution in [0.25, 0.3) is 0 Å². The van der Waals surface area contributed by atoms with Crippen LogP contribution in [0.4, 0.5) is 0 Å². The van der Waals surface area contributed by atoms with Gasteiger partial charge in [0.25, 0.3) is 0 Å². The van der Waals surface area contributed by atoms with Crippen molar-refractivity contribution in [1.82, 2.24) is 4.90 Å². The second-order valence-electron chi connectivity index (χ2n) is 4.62. The van der Waals surface area contributed by atoms with Gasteiger partial charge >= 0.3 is 0 Å². The molecule has 0 saturated carbocycles. The number of phenolic OH excluding ortho intramolecular Hbond substituents is 1. The van der Waals surface area contributed by atoms with E-state index in [9.17, 15) is 13.5 Å². The Hall–Kier alpha value is -1.11. The summed E-state index contributed by atoms with van der Waals surface area (Å²) in [5.41, 5.74) is 0. The van der Waals surface area contributed by atoms with Crippen LogP contribution in [0, 0.1) is 0 Å². The van der Waals surface area contributed by atoms with Crippen LogP contribution in [0.1, 0.15) is 6.42 Å².